The SMILES string of the molecule is Cn1c2ccc(-n3c4ccccc4c4ccccc43)cc2c2cccc(-n3c4ccccc4c4ccccc43)c21. The van der Waals surface area contributed by atoms with Crippen LogP contribution < -0.4 is 0 Å². The van der Waals surface area contributed by atoms with Crippen LogP contribution >= 0.6 is 0 Å². The third kappa shape index (κ3) is 2.73. The number of rotatable bonds is 2. The first kappa shape index (κ1) is 21.6. The second-order valence-electron chi connectivity index (χ2n) is 10.7. The molecule has 0 unspecified atom stereocenters. The summed E-state index contributed by atoms with van der Waals surface area (Å²) in [5.74, 6) is 0. The number of aryl methyl sites for hydroxylation is 1. The Morgan fingerprint density at radius 3 is 1.40 bits per heavy atom. The second-order valence-corrected chi connectivity index (χ2v) is 10.7. The Balaban J connectivity index is 1.37. The predicted octanol–water partition coefficient (Wildman–Crippen LogP) is 9.53. The third-order valence-electron chi connectivity index (χ3n) is 8.64. The highest BCUT2D eigenvalue weighted by atomic mass is 15.0. The molecular weight excluding hydrogens is 486 g/mol. The van der Waals surface area contributed by atoms with Gasteiger partial charge < -0.3 is 13.7 Å². The minimum absolute atomic E-state index is 1.18. The van der Waals surface area contributed by atoms with Crippen LogP contribution in [-0.2, 0) is 7.05 Å². The van der Waals surface area contributed by atoms with Crippen LogP contribution in [0, 0.1) is 0 Å². The first-order chi connectivity index (χ1) is 19.8. The second kappa shape index (κ2) is 7.87. The van der Waals surface area contributed by atoms with Crippen LogP contribution in [0.2, 0.25) is 0 Å². The summed E-state index contributed by atoms with van der Waals surface area (Å²) < 4.78 is 7.19. The molecule has 0 aliphatic heterocycles. The molecule has 40 heavy (non-hydrogen) atoms. The zero-order valence-electron chi connectivity index (χ0n) is 22.0. The molecule has 3 aromatic heterocycles. The number of fused-ring (bicyclic) bond motifs is 9. The Hall–Kier alpha value is -5.28. The van der Waals surface area contributed by atoms with Crippen molar-refractivity contribution in [1.82, 2.24) is 13.7 Å². The fraction of sp³-hybridized carbons (Fsp3) is 0.0270. The van der Waals surface area contributed by atoms with Gasteiger partial charge in [-0.25, -0.2) is 0 Å². The standard InChI is InChI=1S/C37H25N3/c1-38-31-22-21-24(39-32-16-6-2-11-25(32)26-12-3-7-17-33(26)39)23-30(31)29-15-10-20-36(37(29)38)40-34-18-8-4-13-27(34)28-14-5-9-19-35(28)40/h2-23H,1H3. The zero-order chi connectivity index (χ0) is 26.4. The Bertz CT molecular complexity index is 2340. The minimum atomic E-state index is 1.18. The third-order valence-corrected chi connectivity index (χ3v) is 8.64. The van der Waals surface area contributed by atoms with E-state index in [4.69, 9.17) is 0 Å². The minimum Gasteiger partial charge on any atom is -0.342 e. The van der Waals surface area contributed by atoms with Crippen molar-refractivity contribution in [1.29, 1.82) is 0 Å². The Kier molecular flexibility index (Phi) is 4.26. The molecule has 188 valence electrons. The Morgan fingerprint density at radius 1 is 0.375 bits per heavy atom. The fourth-order valence-corrected chi connectivity index (χ4v) is 6.96. The van der Waals surface area contributed by atoms with Gasteiger partial charge in [0, 0.05) is 50.6 Å². The smallest absolute Gasteiger partial charge is 0.0733 e. The van der Waals surface area contributed by atoms with Crippen LogP contribution in [0.1, 0.15) is 0 Å². The summed E-state index contributed by atoms with van der Waals surface area (Å²) in [6.45, 7) is 0. The Labute approximate surface area is 230 Å². The lowest BCUT2D eigenvalue weighted by molar-refractivity contribution is 1.00. The van der Waals surface area contributed by atoms with Crippen molar-refractivity contribution in [3.05, 3.63) is 133 Å². The van der Waals surface area contributed by atoms with Crippen LogP contribution in [-0.4, -0.2) is 13.7 Å². The van der Waals surface area contributed by atoms with E-state index in [1.165, 1.54) is 76.8 Å². The van der Waals surface area contributed by atoms with Crippen molar-refractivity contribution in [2.45, 2.75) is 0 Å². The monoisotopic (exact) mass is 511 g/mol. The molecule has 0 spiro atoms. The van der Waals surface area contributed by atoms with Gasteiger partial charge in [-0.05, 0) is 48.5 Å². The fourth-order valence-electron chi connectivity index (χ4n) is 6.96. The molecule has 0 fully saturated rings. The maximum Gasteiger partial charge on any atom is 0.0733 e. The van der Waals surface area contributed by atoms with Crippen LogP contribution in [0.3, 0.4) is 0 Å². The van der Waals surface area contributed by atoms with Crippen LogP contribution in [0.5, 0.6) is 0 Å². The van der Waals surface area contributed by atoms with Gasteiger partial charge in [-0.15, -0.1) is 0 Å². The van der Waals surface area contributed by atoms with Gasteiger partial charge in [-0.2, -0.15) is 0 Å². The Morgan fingerprint density at radius 2 is 0.850 bits per heavy atom. The quantitative estimate of drug-likeness (QED) is 0.219. The highest BCUT2D eigenvalue weighted by Gasteiger charge is 2.19. The van der Waals surface area contributed by atoms with E-state index in [2.05, 4.69) is 154 Å². The lowest BCUT2D eigenvalue weighted by Crippen LogP contribution is -1.98. The van der Waals surface area contributed by atoms with E-state index in [0.29, 0.717) is 0 Å². The molecule has 0 aliphatic carbocycles. The average molecular weight is 512 g/mol. The number of benzene rings is 6. The van der Waals surface area contributed by atoms with Gasteiger partial charge in [0.25, 0.3) is 0 Å². The van der Waals surface area contributed by atoms with Crippen LogP contribution in [0.25, 0.3) is 76.8 Å². The molecule has 0 N–H and O–H groups in total. The highest BCUT2D eigenvalue weighted by Crippen LogP contribution is 2.39. The summed E-state index contributed by atoms with van der Waals surface area (Å²) in [6, 6.07) is 48.5. The van der Waals surface area contributed by atoms with Crippen molar-refractivity contribution in [2.75, 3.05) is 0 Å². The van der Waals surface area contributed by atoms with Gasteiger partial charge in [0.15, 0.2) is 0 Å². The first-order valence-corrected chi connectivity index (χ1v) is 13.8. The van der Waals surface area contributed by atoms with E-state index >= 15 is 0 Å². The molecule has 0 saturated heterocycles. The van der Waals surface area contributed by atoms with Gasteiger partial charge >= 0.3 is 0 Å². The maximum atomic E-state index is 2.43. The van der Waals surface area contributed by atoms with Gasteiger partial charge in [0.05, 0.1) is 33.3 Å². The van der Waals surface area contributed by atoms with Gasteiger partial charge in [0.2, 0.25) is 0 Å². The molecule has 9 aromatic rings. The summed E-state index contributed by atoms with van der Waals surface area (Å²) >= 11 is 0. The van der Waals surface area contributed by atoms with Crippen LogP contribution in [0.4, 0.5) is 0 Å². The molecular formula is C37H25N3. The van der Waals surface area contributed by atoms with Crippen molar-refractivity contribution < 1.29 is 0 Å². The van der Waals surface area contributed by atoms with Gasteiger partial charge in [0.1, 0.15) is 0 Å². The lowest BCUT2D eigenvalue weighted by Gasteiger charge is -2.11. The van der Waals surface area contributed by atoms with Crippen molar-refractivity contribution in [3.63, 3.8) is 0 Å². The molecule has 0 amide bonds. The topological polar surface area (TPSA) is 14.8 Å². The molecule has 0 aliphatic rings. The van der Waals surface area contributed by atoms with Gasteiger partial charge in [-0.3, -0.25) is 0 Å². The average Bonchev–Trinajstić information content (AvgIpc) is 3.63. The molecule has 0 saturated carbocycles. The molecule has 3 nitrogen and oxygen atoms in total. The van der Waals surface area contributed by atoms with Crippen molar-refractivity contribution >= 4 is 65.4 Å². The summed E-state index contributed by atoms with van der Waals surface area (Å²) in [4.78, 5) is 0. The number of hydrogen-bond donors (Lipinski definition) is 0. The van der Waals surface area contributed by atoms with E-state index in [1.54, 1.807) is 0 Å². The summed E-state index contributed by atoms with van der Waals surface area (Å²) in [6.07, 6.45) is 0. The maximum absolute atomic E-state index is 2.43. The summed E-state index contributed by atoms with van der Waals surface area (Å²) in [5.41, 5.74) is 9.77. The van der Waals surface area contributed by atoms with Crippen molar-refractivity contribution in [3.8, 4) is 11.4 Å². The highest BCUT2D eigenvalue weighted by molar-refractivity contribution is 6.15. The molecule has 0 bridgehead atoms. The van der Waals surface area contributed by atoms with E-state index in [0.717, 1.165) is 0 Å². The summed E-state index contributed by atoms with van der Waals surface area (Å²) in [7, 11) is 2.20. The lowest BCUT2D eigenvalue weighted by atomic mass is 10.1. The largest absolute Gasteiger partial charge is 0.342 e. The zero-order valence-corrected chi connectivity index (χ0v) is 22.0. The molecule has 3 heteroatoms. The molecule has 3 heterocycles. The van der Waals surface area contributed by atoms with Crippen molar-refractivity contribution in [2.24, 2.45) is 7.05 Å². The first-order valence-electron chi connectivity index (χ1n) is 13.8. The molecule has 6 aromatic carbocycles. The van der Waals surface area contributed by atoms with E-state index in [1.807, 2.05) is 0 Å². The number of hydrogen-bond acceptors (Lipinski definition) is 0. The number of nitrogens with zero attached hydrogens (tertiary/aromatic N) is 3. The van der Waals surface area contributed by atoms with E-state index < -0.39 is 0 Å². The molecule has 9 rings (SSSR count). The van der Waals surface area contributed by atoms with E-state index in [-0.39, 0.29) is 0 Å². The number of aromatic nitrogens is 3. The van der Waals surface area contributed by atoms with E-state index in [9.17, 15) is 0 Å². The normalized spacial score (nSPS) is 12.1. The predicted molar refractivity (Wildman–Crippen MR) is 169 cm³/mol. The molecule has 0 radical (unpaired) electrons. The number of para-hydroxylation sites is 5. The summed E-state index contributed by atoms with van der Waals surface area (Å²) in [5, 5.41) is 7.65. The van der Waals surface area contributed by atoms with Crippen LogP contribution in [0.15, 0.2) is 133 Å². The molecule has 0 atom stereocenters. The van der Waals surface area contributed by atoms with Gasteiger partial charge in [-0.1, -0.05) is 84.9 Å².